The maximum absolute atomic E-state index is 12.9. The molecular weight excluding hydrogens is 322 g/mol. The Bertz CT molecular complexity index is 1180. The molecule has 126 valence electrons. The minimum Gasteiger partial charge on any atom is -0.457 e. The number of nitrogens with one attached hydrogen (secondary N) is 1. The first-order chi connectivity index (χ1) is 12.8. The molecular formula is C23H17NO2. The monoisotopic (exact) mass is 339 g/mol. The van der Waals surface area contributed by atoms with E-state index < -0.39 is 0 Å². The average Bonchev–Trinajstić information content (AvgIpc) is 2.69. The van der Waals surface area contributed by atoms with Gasteiger partial charge in [0.05, 0.1) is 5.69 Å². The van der Waals surface area contributed by atoms with Gasteiger partial charge in [0.25, 0.3) is 0 Å². The molecule has 0 spiro atoms. The van der Waals surface area contributed by atoms with Crippen molar-refractivity contribution in [2.24, 2.45) is 0 Å². The van der Waals surface area contributed by atoms with E-state index in [1.165, 1.54) is 5.56 Å². The largest absolute Gasteiger partial charge is 0.457 e. The highest BCUT2D eigenvalue weighted by Gasteiger charge is 2.21. The van der Waals surface area contributed by atoms with Gasteiger partial charge in [-0.1, -0.05) is 36.4 Å². The van der Waals surface area contributed by atoms with Crippen LogP contribution in [-0.4, -0.2) is 4.98 Å². The van der Waals surface area contributed by atoms with Crippen LogP contribution in [0.25, 0.3) is 22.2 Å². The summed E-state index contributed by atoms with van der Waals surface area (Å²) in [6.45, 7) is 0. The first-order valence-electron chi connectivity index (χ1n) is 8.80. The van der Waals surface area contributed by atoms with Gasteiger partial charge in [-0.25, -0.2) is 0 Å². The van der Waals surface area contributed by atoms with Crippen molar-refractivity contribution in [1.29, 1.82) is 0 Å². The van der Waals surface area contributed by atoms with Gasteiger partial charge in [0.1, 0.15) is 11.5 Å². The number of hydrogen-bond donors (Lipinski definition) is 1. The molecule has 5 rings (SSSR count). The molecule has 1 aliphatic carbocycles. The number of rotatable bonds is 2. The quantitative estimate of drug-likeness (QED) is 0.553. The molecule has 3 nitrogen and oxygen atoms in total. The van der Waals surface area contributed by atoms with Crippen molar-refractivity contribution >= 4 is 10.9 Å². The summed E-state index contributed by atoms with van der Waals surface area (Å²) in [5.74, 6) is 1.58. The zero-order valence-electron chi connectivity index (χ0n) is 14.2. The van der Waals surface area contributed by atoms with E-state index in [-0.39, 0.29) is 5.43 Å². The summed E-state index contributed by atoms with van der Waals surface area (Å²) >= 11 is 0. The maximum atomic E-state index is 12.9. The molecule has 0 saturated heterocycles. The van der Waals surface area contributed by atoms with Gasteiger partial charge in [0, 0.05) is 22.0 Å². The Kier molecular flexibility index (Phi) is 3.39. The van der Waals surface area contributed by atoms with Crippen LogP contribution in [-0.2, 0) is 12.8 Å². The van der Waals surface area contributed by atoms with E-state index in [2.05, 4.69) is 11.1 Å². The molecule has 0 radical (unpaired) electrons. The molecule has 0 atom stereocenters. The van der Waals surface area contributed by atoms with Crippen molar-refractivity contribution < 1.29 is 4.74 Å². The minimum atomic E-state index is 0.134. The first-order valence-corrected chi connectivity index (χ1v) is 8.80. The van der Waals surface area contributed by atoms with Gasteiger partial charge in [-0.3, -0.25) is 4.79 Å². The van der Waals surface area contributed by atoms with Gasteiger partial charge in [-0.2, -0.15) is 0 Å². The summed E-state index contributed by atoms with van der Waals surface area (Å²) in [4.78, 5) is 16.4. The van der Waals surface area contributed by atoms with Gasteiger partial charge in [0.15, 0.2) is 5.43 Å². The molecule has 26 heavy (non-hydrogen) atoms. The summed E-state index contributed by atoms with van der Waals surface area (Å²) in [7, 11) is 0. The molecule has 1 heterocycles. The first kappa shape index (κ1) is 15.0. The molecule has 4 aromatic rings. The van der Waals surface area contributed by atoms with Gasteiger partial charge in [0.2, 0.25) is 0 Å². The number of para-hydroxylation sites is 2. The minimum absolute atomic E-state index is 0.134. The molecule has 0 saturated carbocycles. The summed E-state index contributed by atoms with van der Waals surface area (Å²) < 4.78 is 5.99. The second-order valence-corrected chi connectivity index (χ2v) is 6.59. The van der Waals surface area contributed by atoms with E-state index in [9.17, 15) is 4.79 Å². The highest BCUT2D eigenvalue weighted by atomic mass is 16.5. The fourth-order valence-electron chi connectivity index (χ4n) is 3.70. The predicted molar refractivity (Wildman–Crippen MR) is 104 cm³/mol. The van der Waals surface area contributed by atoms with Crippen LogP contribution in [0.2, 0.25) is 0 Å². The zero-order chi connectivity index (χ0) is 17.5. The molecule has 1 aliphatic rings. The number of aromatic amines is 1. The van der Waals surface area contributed by atoms with Gasteiger partial charge in [-0.15, -0.1) is 0 Å². The summed E-state index contributed by atoms with van der Waals surface area (Å²) in [6.07, 6.45) is 1.64. The lowest BCUT2D eigenvalue weighted by atomic mass is 9.88. The predicted octanol–water partition coefficient (Wildman–Crippen LogP) is 5.09. The van der Waals surface area contributed by atoms with E-state index in [0.717, 1.165) is 52.1 Å². The normalized spacial score (nSPS) is 12.5. The van der Waals surface area contributed by atoms with Crippen LogP contribution < -0.4 is 10.2 Å². The topological polar surface area (TPSA) is 42.1 Å². The van der Waals surface area contributed by atoms with Crippen molar-refractivity contribution in [2.75, 3.05) is 0 Å². The van der Waals surface area contributed by atoms with Crippen LogP contribution in [0.3, 0.4) is 0 Å². The van der Waals surface area contributed by atoms with Crippen LogP contribution in [0.15, 0.2) is 77.6 Å². The number of fused-ring (bicyclic) bond motifs is 4. The Morgan fingerprint density at radius 1 is 0.808 bits per heavy atom. The third kappa shape index (κ3) is 2.40. The van der Waals surface area contributed by atoms with Gasteiger partial charge in [-0.05, 0) is 54.8 Å². The van der Waals surface area contributed by atoms with Gasteiger partial charge >= 0.3 is 0 Å². The Labute approximate surface area is 150 Å². The number of hydrogen-bond acceptors (Lipinski definition) is 2. The molecule has 3 aromatic carbocycles. The second kappa shape index (κ2) is 5.88. The van der Waals surface area contributed by atoms with Crippen molar-refractivity contribution in [2.45, 2.75) is 12.8 Å². The Morgan fingerprint density at radius 3 is 2.50 bits per heavy atom. The lowest BCUT2D eigenvalue weighted by Gasteiger charge is -2.21. The van der Waals surface area contributed by atoms with Crippen LogP contribution in [0.5, 0.6) is 11.5 Å². The summed E-state index contributed by atoms with van der Waals surface area (Å²) in [5, 5.41) is 0.756. The van der Waals surface area contributed by atoms with Gasteiger partial charge < -0.3 is 9.72 Å². The molecule has 0 unspecified atom stereocenters. The Balaban J connectivity index is 1.66. The summed E-state index contributed by atoms with van der Waals surface area (Å²) in [5.41, 5.74) is 5.10. The number of benzene rings is 3. The molecule has 0 fully saturated rings. The Morgan fingerprint density at radius 2 is 1.62 bits per heavy atom. The van der Waals surface area contributed by atoms with Crippen LogP contribution in [0.4, 0.5) is 0 Å². The number of H-pyrrole nitrogens is 1. The maximum Gasteiger partial charge on any atom is 0.193 e. The fourth-order valence-corrected chi connectivity index (χ4v) is 3.70. The molecule has 0 aliphatic heterocycles. The lowest BCUT2D eigenvalue weighted by molar-refractivity contribution is 0.482. The summed E-state index contributed by atoms with van der Waals surface area (Å²) in [6, 6.07) is 23.6. The molecule has 1 N–H and O–H groups in total. The number of pyridine rings is 1. The van der Waals surface area contributed by atoms with E-state index >= 15 is 0 Å². The van der Waals surface area contributed by atoms with E-state index in [1.807, 2.05) is 66.7 Å². The number of ether oxygens (including phenoxy) is 1. The van der Waals surface area contributed by atoms with Crippen LogP contribution >= 0.6 is 0 Å². The van der Waals surface area contributed by atoms with E-state index in [0.29, 0.717) is 0 Å². The van der Waals surface area contributed by atoms with Crippen molar-refractivity contribution in [3.63, 3.8) is 0 Å². The molecule has 3 heteroatoms. The Hall–Kier alpha value is -3.33. The SMILES string of the molecule is O=c1c2c([nH]c3ccccc13)-c1cc(Oc3ccccc3)ccc1CC2. The smallest absolute Gasteiger partial charge is 0.193 e. The second-order valence-electron chi connectivity index (χ2n) is 6.59. The highest BCUT2D eigenvalue weighted by Crippen LogP contribution is 2.35. The van der Waals surface area contributed by atoms with Crippen molar-refractivity contribution in [3.8, 4) is 22.8 Å². The highest BCUT2D eigenvalue weighted by molar-refractivity contribution is 5.84. The third-order valence-corrected chi connectivity index (χ3v) is 4.98. The molecule has 1 aromatic heterocycles. The van der Waals surface area contributed by atoms with E-state index in [1.54, 1.807) is 0 Å². The fraction of sp³-hybridized carbons (Fsp3) is 0.0870. The number of aromatic nitrogens is 1. The average molecular weight is 339 g/mol. The standard InChI is InChI=1S/C23H17NO2/c25-23-18-8-4-5-9-21(18)24-22-19(23)13-11-15-10-12-17(14-20(15)22)26-16-6-2-1-3-7-16/h1-10,12,14H,11,13H2,(H,24,25). The molecule has 0 bridgehead atoms. The third-order valence-electron chi connectivity index (χ3n) is 4.98. The van der Waals surface area contributed by atoms with Crippen molar-refractivity contribution in [3.05, 3.63) is 94.1 Å². The molecule has 0 amide bonds. The van der Waals surface area contributed by atoms with Crippen LogP contribution in [0, 0.1) is 0 Å². The lowest BCUT2D eigenvalue weighted by Crippen LogP contribution is -2.17. The van der Waals surface area contributed by atoms with Crippen LogP contribution in [0.1, 0.15) is 11.1 Å². The van der Waals surface area contributed by atoms with E-state index in [4.69, 9.17) is 4.74 Å². The number of aryl methyl sites for hydroxylation is 1. The van der Waals surface area contributed by atoms with Crippen molar-refractivity contribution in [1.82, 2.24) is 4.98 Å². The zero-order valence-corrected chi connectivity index (χ0v) is 14.2.